The predicted octanol–water partition coefficient (Wildman–Crippen LogP) is 1.39. The molecule has 1 heterocycles. The van der Waals surface area contributed by atoms with Gasteiger partial charge < -0.3 is 9.26 Å². The number of halogens is 3. The van der Waals surface area contributed by atoms with Crippen molar-refractivity contribution in [1.29, 1.82) is 0 Å². The van der Waals surface area contributed by atoms with E-state index in [1.165, 1.54) is 6.92 Å². The number of aromatic nitrogens is 1. The van der Waals surface area contributed by atoms with Crippen LogP contribution in [0.15, 0.2) is 9.32 Å². The van der Waals surface area contributed by atoms with E-state index >= 15 is 0 Å². The molecule has 0 saturated carbocycles. The molecule has 0 amide bonds. The fourth-order valence-corrected chi connectivity index (χ4v) is 0.778. The summed E-state index contributed by atoms with van der Waals surface area (Å²) in [5.74, 6) is -0.681. The second kappa shape index (κ2) is 3.15. The van der Waals surface area contributed by atoms with Crippen LogP contribution >= 0.6 is 0 Å². The maximum absolute atomic E-state index is 12.1. The Morgan fingerprint density at radius 3 is 2.62 bits per heavy atom. The average molecular weight is 197 g/mol. The molecular formula is C6H6F3NO3. The minimum Gasteiger partial charge on any atom is -0.477 e. The second-order valence-electron chi connectivity index (χ2n) is 2.13. The molecular weight excluding hydrogens is 191 g/mol. The lowest BCUT2D eigenvalue weighted by Gasteiger charge is -2.04. The lowest BCUT2D eigenvalue weighted by molar-refractivity contribution is -0.140. The van der Waals surface area contributed by atoms with Crippen molar-refractivity contribution >= 4 is 0 Å². The Hall–Kier alpha value is -1.40. The Morgan fingerprint density at radius 1 is 1.54 bits per heavy atom. The zero-order valence-electron chi connectivity index (χ0n) is 6.57. The van der Waals surface area contributed by atoms with Gasteiger partial charge in [0.05, 0.1) is 6.61 Å². The first-order valence-corrected chi connectivity index (χ1v) is 3.38. The van der Waals surface area contributed by atoms with Crippen LogP contribution < -0.4 is 10.4 Å². The summed E-state index contributed by atoms with van der Waals surface area (Å²) >= 11 is 0. The standard InChI is InChI=1S/C6H6F3NO3/c1-2-12-4-3(6(7,8)9)5(11)13-10-4/h10H,2H2,1H3. The third kappa shape index (κ3) is 1.85. The Morgan fingerprint density at radius 2 is 2.15 bits per heavy atom. The molecule has 1 aromatic heterocycles. The van der Waals surface area contributed by atoms with Gasteiger partial charge in [-0.3, -0.25) is 0 Å². The maximum Gasteiger partial charge on any atom is 0.428 e. The van der Waals surface area contributed by atoms with Gasteiger partial charge in [0.1, 0.15) is 0 Å². The van der Waals surface area contributed by atoms with Gasteiger partial charge in [0.2, 0.25) is 11.4 Å². The summed E-state index contributed by atoms with van der Waals surface area (Å²) in [5.41, 5.74) is -2.91. The highest BCUT2D eigenvalue weighted by atomic mass is 19.4. The monoisotopic (exact) mass is 197 g/mol. The molecule has 1 rings (SSSR count). The van der Waals surface area contributed by atoms with Gasteiger partial charge in [-0.05, 0) is 6.92 Å². The number of nitrogens with one attached hydrogen (secondary N) is 1. The predicted molar refractivity (Wildman–Crippen MR) is 35.5 cm³/mol. The molecule has 7 heteroatoms. The molecule has 0 spiro atoms. The molecule has 0 atom stereocenters. The number of hydrogen-bond donors (Lipinski definition) is 1. The number of alkyl halides is 3. The van der Waals surface area contributed by atoms with E-state index in [1.54, 1.807) is 5.16 Å². The molecule has 0 aliphatic heterocycles. The number of ether oxygens (including phenoxy) is 1. The largest absolute Gasteiger partial charge is 0.477 e. The van der Waals surface area contributed by atoms with E-state index in [2.05, 4.69) is 9.26 Å². The summed E-state index contributed by atoms with van der Waals surface area (Å²) in [5, 5.41) is 1.75. The van der Waals surface area contributed by atoms with Crippen molar-refractivity contribution < 1.29 is 22.4 Å². The molecule has 1 aromatic rings. The van der Waals surface area contributed by atoms with Crippen molar-refractivity contribution in [2.24, 2.45) is 0 Å². The van der Waals surface area contributed by atoms with E-state index in [0.29, 0.717) is 0 Å². The van der Waals surface area contributed by atoms with Crippen molar-refractivity contribution in [2.45, 2.75) is 13.1 Å². The van der Waals surface area contributed by atoms with Gasteiger partial charge in [0, 0.05) is 0 Å². The summed E-state index contributed by atoms with van der Waals surface area (Å²) in [6.45, 7) is 1.50. The van der Waals surface area contributed by atoms with Crippen molar-refractivity contribution in [2.75, 3.05) is 6.61 Å². The summed E-state index contributed by atoms with van der Waals surface area (Å²) in [6, 6.07) is 0. The molecule has 0 aliphatic rings. The van der Waals surface area contributed by atoms with Gasteiger partial charge in [-0.15, -0.1) is 0 Å². The van der Waals surface area contributed by atoms with Crippen molar-refractivity contribution in [3.05, 3.63) is 16.0 Å². The van der Waals surface area contributed by atoms with Gasteiger partial charge in [0.25, 0.3) is 0 Å². The number of rotatable bonds is 2. The van der Waals surface area contributed by atoms with Crippen LogP contribution in [0.25, 0.3) is 0 Å². The number of hydrogen-bond acceptors (Lipinski definition) is 3. The Labute approximate surface area is 70.3 Å². The Balaban J connectivity index is 3.17. The Kier molecular flexibility index (Phi) is 2.35. The van der Waals surface area contributed by atoms with Crippen LogP contribution in [0.2, 0.25) is 0 Å². The topological polar surface area (TPSA) is 55.2 Å². The molecule has 1 N–H and O–H groups in total. The van der Waals surface area contributed by atoms with E-state index in [9.17, 15) is 18.0 Å². The zero-order valence-corrected chi connectivity index (χ0v) is 6.57. The number of H-pyrrole nitrogens is 1. The second-order valence-corrected chi connectivity index (χ2v) is 2.13. The highest BCUT2D eigenvalue weighted by Crippen LogP contribution is 2.32. The van der Waals surface area contributed by atoms with Crippen molar-refractivity contribution in [3.8, 4) is 5.88 Å². The van der Waals surface area contributed by atoms with Gasteiger partial charge in [0.15, 0.2) is 0 Å². The summed E-state index contributed by atoms with van der Waals surface area (Å²) in [4.78, 5) is 10.6. The van der Waals surface area contributed by atoms with E-state index < -0.39 is 23.2 Å². The van der Waals surface area contributed by atoms with Crippen molar-refractivity contribution in [1.82, 2.24) is 5.16 Å². The van der Waals surface area contributed by atoms with Crippen LogP contribution in [0.4, 0.5) is 13.2 Å². The highest BCUT2D eigenvalue weighted by Gasteiger charge is 2.40. The van der Waals surface area contributed by atoms with E-state index in [1.807, 2.05) is 0 Å². The minimum absolute atomic E-state index is 0.0125. The number of aromatic amines is 1. The van der Waals surface area contributed by atoms with Crippen LogP contribution in [-0.4, -0.2) is 11.8 Å². The summed E-state index contributed by atoms with van der Waals surface area (Å²) in [6.07, 6.45) is -4.76. The highest BCUT2D eigenvalue weighted by molar-refractivity contribution is 5.24. The lowest BCUT2D eigenvalue weighted by atomic mass is 10.3. The van der Waals surface area contributed by atoms with Gasteiger partial charge in [-0.25, -0.2) is 4.79 Å². The molecule has 0 fully saturated rings. The first kappa shape index (κ1) is 9.69. The quantitative estimate of drug-likeness (QED) is 0.779. The molecule has 0 aliphatic carbocycles. The van der Waals surface area contributed by atoms with Gasteiger partial charge >= 0.3 is 11.8 Å². The van der Waals surface area contributed by atoms with E-state index in [4.69, 9.17) is 0 Å². The van der Waals surface area contributed by atoms with E-state index in [0.717, 1.165) is 0 Å². The molecule has 74 valence electrons. The smallest absolute Gasteiger partial charge is 0.428 e. The molecule has 4 nitrogen and oxygen atoms in total. The fraction of sp³-hybridized carbons (Fsp3) is 0.500. The van der Waals surface area contributed by atoms with Crippen LogP contribution in [0.5, 0.6) is 5.88 Å². The third-order valence-electron chi connectivity index (χ3n) is 1.24. The van der Waals surface area contributed by atoms with Gasteiger partial charge in [-0.1, -0.05) is 0 Å². The van der Waals surface area contributed by atoms with E-state index in [-0.39, 0.29) is 6.61 Å². The van der Waals surface area contributed by atoms with Crippen LogP contribution in [0, 0.1) is 0 Å². The fourth-order valence-electron chi connectivity index (χ4n) is 0.778. The molecule has 0 saturated heterocycles. The lowest BCUT2D eigenvalue weighted by Crippen LogP contribution is -2.16. The molecule has 0 radical (unpaired) electrons. The van der Waals surface area contributed by atoms with Crippen LogP contribution in [0.3, 0.4) is 0 Å². The Bertz CT molecular complexity index is 338. The average Bonchev–Trinajstić information content (AvgIpc) is 2.31. The molecule has 0 aromatic carbocycles. The van der Waals surface area contributed by atoms with Crippen molar-refractivity contribution in [3.63, 3.8) is 0 Å². The SMILES string of the molecule is CCOc1[nH]oc(=O)c1C(F)(F)F. The van der Waals surface area contributed by atoms with Gasteiger partial charge in [-0.2, -0.15) is 18.3 Å². The zero-order chi connectivity index (χ0) is 10.1. The maximum atomic E-state index is 12.1. The molecule has 0 bridgehead atoms. The van der Waals surface area contributed by atoms with Crippen LogP contribution in [-0.2, 0) is 6.18 Å². The summed E-state index contributed by atoms with van der Waals surface area (Å²) < 4.78 is 44.8. The van der Waals surface area contributed by atoms with Crippen LogP contribution in [0.1, 0.15) is 12.5 Å². The third-order valence-corrected chi connectivity index (χ3v) is 1.24. The first-order valence-electron chi connectivity index (χ1n) is 3.38. The summed E-state index contributed by atoms with van der Waals surface area (Å²) in [7, 11) is 0. The molecule has 0 unspecified atom stereocenters. The first-order chi connectivity index (χ1) is 5.96. The minimum atomic E-state index is -4.76. The normalized spacial score (nSPS) is 11.7. The molecule has 13 heavy (non-hydrogen) atoms.